The Morgan fingerprint density at radius 1 is 1.32 bits per heavy atom. The number of aliphatic hydroxyl groups excluding tert-OH is 3. The average Bonchev–Trinajstić information content (AvgIpc) is 2.42. The largest absolute Gasteiger partial charge is 0.444 e. The van der Waals surface area contributed by atoms with E-state index in [1.165, 1.54) is 0 Å². The van der Waals surface area contributed by atoms with Crippen LogP contribution >= 0.6 is 0 Å². The number of carbonyl (C=O) groups is 1. The van der Waals surface area contributed by atoms with Gasteiger partial charge in [0.15, 0.2) is 0 Å². The lowest BCUT2D eigenvalue weighted by Gasteiger charge is -2.22. The van der Waals surface area contributed by atoms with Crippen molar-refractivity contribution in [3.63, 3.8) is 0 Å². The van der Waals surface area contributed by atoms with Crippen molar-refractivity contribution in [3.8, 4) is 0 Å². The highest BCUT2D eigenvalue weighted by atomic mass is 16.6. The molecular weight excluding hydrogens is 286 g/mol. The Labute approximate surface area is 130 Å². The van der Waals surface area contributed by atoms with Crippen molar-refractivity contribution in [1.29, 1.82) is 0 Å². The summed E-state index contributed by atoms with van der Waals surface area (Å²) < 4.78 is 5.05. The fraction of sp³-hybridized carbons (Fsp3) is 0.562. The van der Waals surface area contributed by atoms with E-state index in [0.29, 0.717) is 5.56 Å². The summed E-state index contributed by atoms with van der Waals surface area (Å²) in [5, 5.41) is 31.6. The van der Waals surface area contributed by atoms with Crippen molar-refractivity contribution in [3.05, 3.63) is 34.9 Å². The van der Waals surface area contributed by atoms with Crippen LogP contribution in [0.5, 0.6) is 0 Å². The molecule has 1 rings (SSSR count). The molecule has 6 heteroatoms. The second-order valence-electron chi connectivity index (χ2n) is 6.24. The van der Waals surface area contributed by atoms with Crippen LogP contribution in [-0.2, 0) is 11.3 Å². The molecule has 0 aliphatic rings. The van der Waals surface area contributed by atoms with Crippen LogP contribution in [0, 0.1) is 6.92 Å². The number of nitrogens with one attached hydrogen (secondary N) is 1. The number of rotatable bonds is 5. The SMILES string of the molecule is Cc1cc(C(O)C(O)CNC(=O)OC(C)(C)C)ccc1CO. The minimum Gasteiger partial charge on any atom is -0.444 e. The lowest BCUT2D eigenvalue weighted by atomic mass is 9.99. The van der Waals surface area contributed by atoms with Crippen LogP contribution in [0.2, 0.25) is 0 Å². The molecule has 1 aromatic rings. The van der Waals surface area contributed by atoms with Gasteiger partial charge in [-0.2, -0.15) is 0 Å². The third kappa shape index (κ3) is 5.63. The summed E-state index contributed by atoms with van der Waals surface area (Å²) in [5.74, 6) is 0. The summed E-state index contributed by atoms with van der Waals surface area (Å²) in [6, 6.07) is 5.04. The maximum atomic E-state index is 11.5. The van der Waals surface area contributed by atoms with Gasteiger partial charge in [-0.15, -0.1) is 0 Å². The highest BCUT2D eigenvalue weighted by molar-refractivity contribution is 5.67. The van der Waals surface area contributed by atoms with Crippen LogP contribution in [0.25, 0.3) is 0 Å². The van der Waals surface area contributed by atoms with E-state index in [-0.39, 0.29) is 13.2 Å². The zero-order valence-corrected chi connectivity index (χ0v) is 13.5. The highest BCUT2D eigenvalue weighted by Gasteiger charge is 2.21. The van der Waals surface area contributed by atoms with Gasteiger partial charge < -0.3 is 25.4 Å². The van der Waals surface area contributed by atoms with Crippen LogP contribution in [0.15, 0.2) is 18.2 Å². The molecule has 0 fully saturated rings. The van der Waals surface area contributed by atoms with Crippen LogP contribution in [0.4, 0.5) is 4.79 Å². The maximum absolute atomic E-state index is 11.5. The van der Waals surface area contributed by atoms with E-state index in [1.54, 1.807) is 39.0 Å². The first-order valence-corrected chi connectivity index (χ1v) is 7.17. The van der Waals surface area contributed by atoms with Gasteiger partial charge in [-0.3, -0.25) is 0 Å². The lowest BCUT2D eigenvalue weighted by Crippen LogP contribution is -2.38. The van der Waals surface area contributed by atoms with Gasteiger partial charge in [-0.1, -0.05) is 18.2 Å². The van der Waals surface area contributed by atoms with Crippen molar-refractivity contribution in [1.82, 2.24) is 5.32 Å². The molecule has 0 bridgehead atoms. The molecule has 4 N–H and O–H groups in total. The Balaban J connectivity index is 2.60. The van der Waals surface area contributed by atoms with Gasteiger partial charge in [-0.05, 0) is 44.4 Å². The third-order valence-electron chi connectivity index (χ3n) is 3.10. The van der Waals surface area contributed by atoms with E-state index in [1.807, 2.05) is 6.92 Å². The molecule has 0 aromatic heterocycles. The second-order valence-corrected chi connectivity index (χ2v) is 6.24. The van der Waals surface area contributed by atoms with Crippen LogP contribution in [0.1, 0.15) is 43.6 Å². The van der Waals surface area contributed by atoms with Gasteiger partial charge in [0, 0.05) is 6.54 Å². The smallest absolute Gasteiger partial charge is 0.407 e. The molecule has 0 saturated heterocycles. The summed E-state index contributed by atoms with van der Waals surface area (Å²) in [5.41, 5.74) is 1.49. The van der Waals surface area contributed by atoms with Gasteiger partial charge in [0.2, 0.25) is 0 Å². The van der Waals surface area contributed by atoms with E-state index in [2.05, 4.69) is 5.32 Å². The fourth-order valence-electron chi connectivity index (χ4n) is 1.92. The van der Waals surface area contributed by atoms with E-state index < -0.39 is 23.9 Å². The summed E-state index contributed by atoms with van der Waals surface area (Å²) in [7, 11) is 0. The number of alkyl carbamates (subject to hydrolysis) is 1. The van der Waals surface area contributed by atoms with Gasteiger partial charge in [0.05, 0.1) is 6.61 Å². The molecule has 0 aliphatic heterocycles. The molecule has 1 aromatic carbocycles. The number of aliphatic hydroxyl groups is 3. The van der Waals surface area contributed by atoms with Crippen LogP contribution < -0.4 is 5.32 Å². The molecule has 124 valence electrons. The number of benzene rings is 1. The van der Waals surface area contributed by atoms with E-state index in [9.17, 15) is 15.0 Å². The summed E-state index contributed by atoms with van der Waals surface area (Å²) in [6.45, 7) is 6.82. The number of amides is 1. The van der Waals surface area contributed by atoms with Crippen LogP contribution in [-0.4, -0.2) is 39.7 Å². The number of carbonyl (C=O) groups excluding carboxylic acids is 1. The standard InChI is InChI=1S/C16H25NO5/c1-10-7-11(5-6-12(10)9-18)14(20)13(19)8-17-15(21)22-16(2,3)4/h5-7,13-14,18-20H,8-9H2,1-4H3,(H,17,21). The zero-order chi connectivity index (χ0) is 16.9. The predicted octanol–water partition coefficient (Wildman–Crippen LogP) is 1.41. The van der Waals surface area contributed by atoms with E-state index in [4.69, 9.17) is 9.84 Å². The summed E-state index contributed by atoms with van der Waals surface area (Å²) in [4.78, 5) is 11.5. The number of hydrogen-bond acceptors (Lipinski definition) is 5. The summed E-state index contributed by atoms with van der Waals surface area (Å²) >= 11 is 0. The Hall–Kier alpha value is -1.63. The average molecular weight is 311 g/mol. The zero-order valence-electron chi connectivity index (χ0n) is 13.5. The first kappa shape index (κ1) is 18.4. The highest BCUT2D eigenvalue weighted by Crippen LogP contribution is 2.20. The maximum Gasteiger partial charge on any atom is 0.407 e. The van der Waals surface area contributed by atoms with Crippen molar-refractivity contribution in [2.75, 3.05) is 6.54 Å². The third-order valence-corrected chi connectivity index (χ3v) is 3.10. The normalized spacial score (nSPS) is 14.3. The fourth-order valence-corrected chi connectivity index (χ4v) is 1.92. The molecule has 2 unspecified atom stereocenters. The molecule has 0 saturated carbocycles. The number of hydrogen-bond donors (Lipinski definition) is 4. The van der Waals surface area contributed by atoms with E-state index in [0.717, 1.165) is 11.1 Å². The lowest BCUT2D eigenvalue weighted by molar-refractivity contribution is 0.0129. The first-order valence-electron chi connectivity index (χ1n) is 7.17. The van der Waals surface area contributed by atoms with E-state index >= 15 is 0 Å². The molecule has 22 heavy (non-hydrogen) atoms. The molecule has 6 nitrogen and oxygen atoms in total. The Kier molecular flexibility index (Phi) is 6.34. The minimum atomic E-state index is -1.16. The predicted molar refractivity (Wildman–Crippen MR) is 82.3 cm³/mol. The second kappa shape index (κ2) is 7.58. The molecule has 0 spiro atoms. The Morgan fingerprint density at radius 3 is 2.45 bits per heavy atom. The summed E-state index contributed by atoms with van der Waals surface area (Å²) in [6.07, 6.45) is -2.95. The number of aryl methyl sites for hydroxylation is 1. The molecular formula is C16H25NO5. The Morgan fingerprint density at radius 2 is 1.95 bits per heavy atom. The molecule has 0 radical (unpaired) electrons. The topological polar surface area (TPSA) is 99.0 Å². The van der Waals surface area contributed by atoms with Crippen LogP contribution in [0.3, 0.4) is 0 Å². The molecule has 1 amide bonds. The first-order chi connectivity index (χ1) is 10.1. The quantitative estimate of drug-likeness (QED) is 0.659. The van der Waals surface area contributed by atoms with Crippen molar-refractivity contribution < 1.29 is 24.9 Å². The molecule has 0 heterocycles. The number of ether oxygens (including phenoxy) is 1. The van der Waals surface area contributed by atoms with Gasteiger partial charge in [-0.25, -0.2) is 4.79 Å². The van der Waals surface area contributed by atoms with Gasteiger partial charge in [0.1, 0.15) is 17.8 Å². The van der Waals surface area contributed by atoms with Crippen molar-refractivity contribution in [2.45, 2.75) is 52.1 Å². The monoisotopic (exact) mass is 311 g/mol. The molecule has 0 aliphatic carbocycles. The Bertz CT molecular complexity index is 510. The van der Waals surface area contributed by atoms with Gasteiger partial charge in [0.25, 0.3) is 0 Å². The van der Waals surface area contributed by atoms with Gasteiger partial charge >= 0.3 is 6.09 Å². The van der Waals surface area contributed by atoms with Crippen molar-refractivity contribution in [2.24, 2.45) is 0 Å². The minimum absolute atomic E-state index is 0.0784. The molecule has 2 atom stereocenters. The van der Waals surface area contributed by atoms with Crippen molar-refractivity contribution >= 4 is 6.09 Å².